The molecule has 1 rings (SSSR count). The molecule has 0 aliphatic carbocycles. The molecule has 70 valence electrons. The Morgan fingerprint density at radius 1 is 1.15 bits per heavy atom. The van der Waals surface area contributed by atoms with Crippen LogP contribution in [0, 0.1) is 0 Å². The lowest BCUT2D eigenvalue weighted by atomic mass is 10.2. The topological polar surface area (TPSA) is 57.5 Å². The summed E-state index contributed by atoms with van der Waals surface area (Å²) in [5, 5.41) is 18.1. The predicted octanol–water partition coefficient (Wildman–Crippen LogP) is 1.95. The zero-order valence-electron chi connectivity index (χ0n) is 7.40. The Balaban J connectivity index is 0.000000671. The Kier molecular flexibility index (Phi) is 5.03. The predicted molar refractivity (Wildman–Crippen MR) is 51.6 cm³/mol. The molecule has 0 aliphatic rings. The summed E-state index contributed by atoms with van der Waals surface area (Å²) in [6.07, 6.45) is 3.65. The van der Waals surface area contributed by atoms with Crippen molar-refractivity contribution in [1.29, 1.82) is 0 Å². The molecule has 0 heterocycles. The molecule has 0 saturated heterocycles. The van der Waals surface area contributed by atoms with Crippen molar-refractivity contribution in [2.45, 2.75) is 6.92 Å². The fraction of sp³-hybridized carbons (Fsp3) is 0.100. The van der Waals surface area contributed by atoms with Gasteiger partial charge in [0, 0.05) is 6.07 Å². The molecular formula is C10H12O3. The quantitative estimate of drug-likeness (QED) is 0.694. The third-order valence-electron chi connectivity index (χ3n) is 1.28. The highest BCUT2D eigenvalue weighted by molar-refractivity contribution is 5.54. The minimum absolute atomic E-state index is 0.0816. The zero-order valence-corrected chi connectivity index (χ0v) is 7.40. The minimum atomic E-state index is 0.0816. The fourth-order valence-corrected chi connectivity index (χ4v) is 0.907. The van der Waals surface area contributed by atoms with E-state index in [0.717, 1.165) is 5.56 Å². The van der Waals surface area contributed by atoms with Crippen molar-refractivity contribution in [3.63, 3.8) is 0 Å². The van der Waals surface area contributed by atoms with Gasteiger partial charge in [-0.2, -0.15) is 0 Å². The zero-order chi connectivity index (χ0) is 10.3. The number of allylic oxidation sites excluding steroid dienone is 1. The van der Waals surface area contributed by atoms with Crippen LogP contribution >= 0.6 is 0 Å². The van der Waals surface area contributed by atoms with Crippen molar-refractivity contribution in [1.82, 2.24) is 0 Å². The van der Waals surface area contributed by atoms with E-state index in [2.05, 4.69) is 0 Å². The number of hydrogen-bond donors (Lipinski definition) is 2. The van der Waals surface area contributed by atoms with Gasteiger partial charge in [0.1, 0.15) is 18.3 Å². The lowest BCUT2D eigenvalue weighted by Crippen LogP contribution is -1.71. The monoisotopic (exact) mass is 180 g/mol. The maximum absolute atomic E-state index is 9.03. The smallest absolute Gasteiger partial charge is 0.119 e. The summed E-state index contributed by atoms with van der Waals surface area (Å²) >= 11 is 0. The molecule has 3 nitrogen and oxygen atoms in total. The SMILES string of the molecule is C/C=C/c1cc(O)cc(O)c1.C=O. The minimum Gasteiger partial charge on any atom is -0.508 e. The van der Waals surface area contributed by atoms with E-state index in [1.165, 1.54) is 6.07 Å². The molecule has 0 bridgehead atoms. The van der Waals surface area contributed by atoms with Gasteiger partial charge in [-0.1, -0.05) is 12.2 Å². The molecule has 1 aromatic carbocycles. The second-order valence-corrected chi connectivity index (χ2v) is 2.28. The molecule has 0 unspecified atom stereocenters. The van der Waals surface area contributed by atoms with E-state index in [1.807, 2.05) is 19.8 Å². The molecule has 3 heteroatoms. The van der Waals surface area contributed by atoms with Crippen LogP contribution < -0.4 is 0 Å². The summed E-state index contributed by atoms with van der Waals surface area (Å²) in [7, 11) is 0. The van der Waals surface area contributed by atoms with Crippen LogP contribution in [-0.2, 0) is 4.79 Å². The number of benzene rings is 1. The van der Waals surface area contributed by atoms with Crippen LogP contribution in [0.4, 0.5) is 0 Å². The summed E-state index contributed by atoms with van der Waals surface area (Å²) in [5.41, 5.74) is 0.796. The van der Waals surface area contributed by atoms with E-state index in [9.17, 15) is 0 Å². The molecule has 2 N–H and O–H groups in total. The number of phenolic OH excluding ortho intramolecular Hbond substituents is 2. The van der Waals surface area contributed by atoms with Crippen LogP contribution in [0.5, 0.6) is 11.5 Å². The van der Waals surface area contributed by atoms with Crippen molar-refractivity contribution in [3.05, 3.63) is 29.8 Å². The Hall–Kier alpha value is -1.77. The van der Waals surface area contributed by atoms with Crippen LogP contribution in [-0.4, -0.2) is 17.0 Å². The fourth-order valence-electron chi connectivity index (χ4n) is 0.907. The first kappa shape index (κ1) is 11.2. The van der Waals surface area contributed by atoms with Gasteiger partial charge in [-0.3, -0.25) is 0 Å². The summed E-state index contributed by atoms with van der Waals surface area (Å²) in [6, 6.07) is 4.46. The van der Waals surface area contributed by atoms with Gasteiger partial charge in [0.05, 0.1) is 0 Å². The normalized spacial score (nSPS) is 9.31. The lowest BCUT2D eigenvalue weighted by Gasteiger charge is -1.96. The van der Waals surface area contributed by atoms with Crippen molar-refractivity contribution >= 4 is 12.9 Å². The van der Waals surface area contributed by atoms with Crippen LogP contribution in [0.1, 0.15) is 12.5 Å². The molecule has 0 spiro atoms. The van der Waals surface area contributed by atoms with E-state index in [0.29, 0.717) is 0 Å². The molecule has 0 saturated carbocycles. The maximum atomic E-state index is 9.03. The highest BCUT2D eigenvalue weighted by Gasteiger charge is 1.94. The van der Waals surface area contributed by atoms with Gasteiger partial charge < -0.3 is 15.0 Å². The molecule has 0 radical (unpaired) electrons. The first-order chi connectivity index (χ1) is 6.22. The number of carbonyl (C=O) groups excluding carboxylic acids is 1. The number of aromatic hydroxyl groups is 2. The van der Waals surface area contributed by atoms with E-state index < -0.39 is 0 Å². The number of phenols is 2. The van der Waals surface area contributed by atoms with Gasteiger partial charge >= 0.3 is 0 Å². The van der Waals surface area contributed by atoms with E-state index in [4.69, 9.17) is 15.0 Å². The van der Waals surface area contributed by atoms with Crippen LogP contribution in [0.2, 0.25) is 0 Å². The van der Waals surface area contributed by atoms with Crippen molar-refractivity contribution < 1.29 is 15.0 Å². The van der Waals surface area contributed by atoms with Gasteiger partial charge in [-0.05, 0) is 24.6 Å². The van der Waals surface area contributed by atoms with Gasteiger partial charge in [-0.15, -0.1) is 0 Å². The highest BCUT2D eigenvalue weighted by atomic mass is 16.3. The largest absolute Gasteiger partial charge is 0.508 e. The second-order valence-electron chi connectivity index (χ2n) is 2.28. The standard InChI is InChI=1S/C9H10O2.CH2O/c1-2-3-7-4-8(10)6-9(11)5-7;1-2/h2-6,10-11H,1H3;1H2/b3-2+;. The lowest BCUT2D eigenvalue weighted by molar-refractivity contribution is -0.0979. The van der Waals surface area contributed by atoms with Gasteiger partial charge in [-0.25, -0.2) is 0 Å². The third kappa shape index (κ3) is 3.96. The van der Waals surface area contributed by atoms with Gasteiger partial charge in [0.15, 0.2) is 0 Å². The molecule has 0 atom stereocenters. The van der Waals surface area contributed by atoms with Gasteiger partial charge in [0.25, 0.3) is 0 Å². The summed E-state index contributed by atoms with van der Waals surface area (Å²) < 4.78 is 0. The summed E-state index contributed by atoms with van der Waals surface area (Å²) in [4.78, 5) is 8.00. The van der Waals surface area contributed by atoms with E-state index in [-0.39, 0.29) is 11.5 Å². The molecule has 0 aromatic heterocycles. The number of hydrogen-bond acceptors (Lipinski definition) is 3. The average Bonchev–Trinajstić information content (AvgIpc) is 2.06. The summed E-state index contributed by atoms with van der Waals surface area (Å²) in [6.45, 7) is 3.88. The first-order valence-corrected chi connectivity index (χ1v) is 3.67. The average molecular weight is 180 g/mol. The van der Waals surface area contributed by atoms with Crippen molar-refractivity contribution in [2.24, 2.45) is 0 Å². The van der Waals surface area contributed by atoms with E-state index >= 15 is 0 Å². The first-order valence-electron chi connectivity index (χ1n) is 3.67. The highest BCUT2D eigenvalue weighted by Crippen LogP contribution is 2.20. The van der Waals surface area contributed by atoms with Crippen molar-refractivity contribution in [3.8, 4) is 11.5 Å². The molecule has 1 aromatic rings. The molecule has 0 amide bonds. The Labute approximate surface area is 77.0 Å². The Morgan fingerprint density at radius 2 is 1.62 bits per heavy atom. The Morgan fingerprint density at radius 3 is 2.00 bits per heavy atom. The Bertz CT molecular complexity index is 272. The van der Waals surface area contributed by atoms with Crippen molar-refractivity contribution in [2.75, 3.05) is 0 Å². The molecule has 0 aliphatic heterocycles. The van der Waals surface area contributed by atoms with Gasteiger partial charge in [0.2, 0.25) is 0 Å². The summed E-state index contributed by atoms with van der Waals surface area (Å²) in [5.74, 6) is 0.163. The number of rotatable bonds is 1. The molecule has 13 heavy (non-hydrogen) atoms. The van der Waals surface area contributed by atoms with Crippen LogP contribution in [0.15, 0.2) is 24.3 Å². The maximum Gasteiger partial charge on any atom is 0.119 e. The number of carbonyl (C=O) groups is 1. The third-order valence-corrected chi connectivity index (χ3v) is 1.28. The second kappa shape index (κ2) is 5.83. The van der Waals surface area contributed by atoms with E-state index in [1.54, 1.807) is 18.2 Å². The molecule has 0 fully saturated rings. The van der Waals surface area contributed by atoms with Crippen LogP contribution in [0.3, 0.4) is 0 Å². The molecular weight excluding hydrogens is 168 g/mol. The van der Waals surface area contributed by atoms with Crippen LogP contribution in [0.25, 0.3) is 6.08 Å².